The van der Waals surface area contributed by atoms with Crippen LogP contribution >= 0.6 is 35.1 Å². The lowest BCUT2D eigenvalue weighted by atomic mass is 9.92. The molecular formula is C37H22Cl2N3O2S. The van der Waals surface area contributed by atoms with Gasteiger partial charge in [-0.15, -0.1) is 0 Å². The van der Waals surface area contributed by atoms with Crippen molar-refractivity contribution in [1.82, 2.24) is 4.72 Å². The summed E-state index contributed by atoms with van der Waals surface area (Å²) in [5, 5.41) is 22.7. The van der Waals surface area contributed by atoms with Crippen LogP contribution in [-0.2, 0) is 0 Å². The minimum absolute atomic E-state index is 0.00460. The van der Waals surface area contributed by atoms with Crippen molar-refractivity contribution >= 4 is 46.5 Å². The Morgan fingerprint density at radius 1 is 0.600 bits per heavy atom. The van der Waals surface area contributed by atoms with E-state index in [1.165, 1.54) is 24.1 Å². The fourth-order valence-corrected chi connectivity index (χ4v) is 5.82. The summed E-state index contributed by atoms with van der Waals surface area (Å²) in [5.41, 5.74) is 8.66. The highest BCUT2D eigenvalue weighted by Gasteiger charge is 2.17. The molecule has 6 aromatic carbocycles. The number of hydrogen-bond donors (Lipinski definition) is 0. The minimum Gasteiger partial charge on any atom is -0.258 e. The summed E-state index contributed by atoms with van der Waals surface area (Å²) in [6.45, 7) is 0. The molecule has 0 saturated heterocycles. The molecule has 0 N–H and O–H groups in total. The number of nitro groups is 1. The molecule has 8 heteroatoms. The predicted octanol–water partition coefficient (Wildman–Crippen LogP) is 11.4. The maximum Gasteiger partial charge on any atom is 0.269 e. The summed E-state index contributed by atoms with van der Waals surface area (Å²) in [5.74, 6) is 0. The van der Waals surface area contributed by atoms with Crippen LogP contribution in [0.15, 0.2) is 138 Å². The van der Waals surface area contributed by atoms with Crippen molar-refractivity contribution in [2.24, 2.45) is 0 Å². The van der Waals surface area contributed by atoms with Gasteiger partial charge in [-0.25, -0.2) is 4.72 Å². The first-order chi connectivity index (χ1) is 21.9. The van der Waals surface area contributed by atoms with Crippen LogP contribution < -0.4 is 4.72 Å². The molecule has 0 unspecified atom stereocenters. The molecule has 6 aromatic rings. The van der Waals surface area contributed by atoms with Crippen molar-refractivity contribution in [3.63, 3.8) is 0 Å². The molecule has 0 aliphatic rings. The second kappa shape index (κ2) is 13.3. The largest absolute Gasteiger partial charge is 0.269 e. The molecule has 0 amide bonds. The number of benzene rings is 6. The average Bonchev–Trinajstić information content (AvgIpc) is 3.08. The van der Waals surface area contributed by atoms with Crippen molar-refractivity contribution in [3.05, 3.63) is 159 Å². The van der Waals surface area contributed by atoms with E-state index in [0.29, 0.717) is 21.3 Å². The van der Waals surface area contributed by atoms with Gasteiger partial charge in [0.25, 0.3) is 5.69 Å². The Bertz CT molecular complexity index is 2020. The summed E-state index contributed by atoms with van der Waals surface area (Å²) in [6.07, 6.45) is 0. The van der Waals surface area contributed by atoms with E-state index in [1.54, 1.807) is 12.1 Å². The molecule has 217 valence electrons. The fourth-order valence-electron chi connectivity index (χ4n) is 4.91. The number of nitriles is 1. The van der Waals surface area contributed by atoms with Gasteiger partial charge in [-0.05, 0) is 87.5 Å². The molecule has 0 fully saturated rings. The molecule has 0 heterocycles. The lowest BCUT2D eigenvalue weighted by molar-refractivity contribution is -0.384. The van der Waals surface area contributed by atoms with Crippen LogP contribution in [0.2, 0.25) is 10.0 Å². The second-order valence-electron chi connectivity index (χ2n) is 10.1. The Labute approximate surface area is 275 Å². The molecule has 0 aliphatic heterocycles. The Kier molecular flexibility index (Phi) is 8.86. The third-order valence-electron chi connectivity index (χ3n) is 7.29. The van der Waals surface area contributed by atoms with E-state index in [-0.39, 0.29) is 5.69 Å². The van der Waals surface area contributed by atoms with Gasteiger partial charge >= 0.3 is 0 Å². The Hall–Kier alpha value is -5.06. The van der Waals surface area contributed by atoms with Crippen molar-refractivity contribution in [3.8, 4) is 50.6 Å². The molecule has 1 radical (unpaired) electrons. The van der Waals surface area contributed by atoms with E-state index < -0.39 is 4.92 Å². The highest BCUT2D eigenvalue weighted by atomic mass is 35.5. The molecule has 0 atom stereocenters. The molecule has 6 rings (SSSR count). The standard InChI is InChI=1S/C37H22Cl2N3O2S/c38-32-13-9-26(10-14-32)24-1-3-28(4-2-24)30-21-31(23-40)37(41-45-35-19-17-34(18-20-35)42(43)44)36(22-30)29-7-5-25(6-8-29)27-11-15-33(39)16-12-27/h1-22H. The molecule has 5 nitrogen and oxygen atoms in total. The summed E-state index contributed by atoms with van der Waals surface area (Å²) < 4.78 is 4.78. The predicted molar refractivity (Wildman–Crippen MR) is 184 cm³/mol. The van der Waals surface area contributed by atoms with Crippen molar-refractivity contribution < 1.29 is 4.92 Å². The molecule has 0 aliphatic carbocycles. The second-order valence-corrected chi connectivity index (χ2v) is 11.8. The van der Waals surface area contributed by atoms with Crippen LogP contribution in [0.3, 0.4) is 0 Å². The number of non-ortho nitro benzene ring substituents is 1. The van der Waals surface area contributed by atoms with Gasteiger partial charge in [-0.3, -0.25) is 10.1 Å². The van der Waals surface area contributed by atoms with Crippen molar-refractivity contribution in [2.45, 2.75) is 4.90 Å². The van der Waals surface area contributed by atoms with Crippen LogP contribution in [0.5, 0.6) is 0 Å². The van der Waals surface area contributed by atoms with E-state index in [9.17, 15) is 15.4 Å². The smallest absolute Gasteiger partial charge is 0.258 e. The minimum atomic E-state index is -0.439. The van der Waals surface area contributed by atoms with Gasteiger partial charge in [0, 0.05) is 44.6 Å². The third kappa shape index (κ3) is 6.87. The van der Waals surface area contributed by atoms with E-state index in [0.717, 1.165) is 49.4 Å². The van der Waals surface area contributed by atoms with Crippen LogP contribution in [-0.4, -0.2) is 4.92 Å². The Balaban J connectivity index is 1.39. The first-order valence-electron chi connectivity index (χ1n) is 13.8. The number of halogens is 2. The summed E-state index contributed by atoms with van der Waals surface area (Å²) in [4.78, 5) is 11.4. The van der Waals surface area contributed by atoms with Gasteiger partial charge < -0.3 is 0 Å². The lowest BCUT2D eigenvalue weighted by Gasteiger charge is -2.15. The molecule has 0 aromatic heterocycles. The first kappa shape index (κ1) is 30.0. The normalized spacial score (nSPS) is 10.7. The highest BCUT2D eigenvalue weighted by Crippen LogP contribution is 2.39. The van der Waals surface area contributed by atoms with Crippen molar-refractivity contribution in [2.75, 3.05) is 0 Å². The highest BCUT2D eigenvalue weighted by molar-refractivity contribution is 7.97. The van der Waals surface area contributed by atoms with Crippen LogP contribution in [0.1, 0.15) is 5.56 Å². The van der Waals surface area contributed by atoms with Crippen LogP contribution in [0.4, 0.5) is 11.4 Å². The van der Waals surface area contributed by atoms with E-state index in [2.05, 4.69) is 6.07 Å². The van der Waals surface area contributed by atoms with Gasteiger partial charge in [-0.2, -0.15) is 5.26 Å². The van der Waals surface area contributed by atoms with E-state index in [4.69, 9.17) is 27.9 Å². The average molecular weight is 644 g/mol. The van der Waals surface area contributed by atoms with Crippen molar-refractivity contribution in [1.29, 1.82) is 5.26 Å². The van der Waals surface area contributed by atoms with Gasteiger partial charge in [0.15, 0.2) is 0 Å². The van der Waals surface area contributed by atoms with Gasteiger partial charge in [-0.1, -0.05) is 96.0 Å². The summed E-state index contributed by atoms with van der Waals surface area (Å²) in [6, 6.07) is 44.0. The SMILES string of the molecule is N#Cc1cc(-c2ccc(-c3ccc(Cl)cc3)cc2)cc(-c2ccc(-c3ccc(Cl)cc3)cc2)c1[N]Sc1ccc([N+](=O)[O-])cc1. The quantitative estimate of drug-likeness (QED) is 0.0939. The monoisotopic (exact) mass is 642 g/mol. The Morgan fingerprint density at radius 3 is 1.47 bits per heavy atom. The molecule has 0 saturated carbocycles. The molecule has 0 bridgehead atoms. The maximum absolute atomic E-state index is 11.1. The molecule has 45 heavy (non-hydrogen) atoms. The number of nitrogens with zero attached hydrogens (tertiary/aromatic N) is 3. The Morgan fingerprint density at radius 2 is 1.02 bits per heavy atom. The lowest BCUT2D eigenvalue weighted by Crippen LogP contribution is -1.96. The van der Waals surface area contributed by atoms with E-state index in [1.807, 2.05) is 109 Å². The zero-order valence-corrected chi connectivity index (χ0v) is 25.9. The maximum atomic E-state index is 11.1. The summed E-state index contributed by atoms with van der Waals surface area (Å²) >= 11 is 13.3. The van der Waals surface area contributed by atoms with Gasteiger partial charge in [0.2, 0.25) is 0 Å². The number of rotatable bonds is 8. The fraction of sp³-hybridized carbons (Fsp3) is 0. The van der Waals surface area contributed by atoms with Gasteiger partial charge in [0.1, 0.15) is 6.07 Å². The number of nitro benzene ring substituents is 1. The topological polar surface area (TPSA) is 81.0 Å². The first-order valence-corrected chi connectivity index (χ1v) is 15.3. The van der Waals surface area contributed by atoms with Gasteiger partial charge in [0.05, 0.1) is 16.2 Å². The van der Waals surface area contributed by atoms with E-state index >= 15 is 0 Å². The molecular weight excluding hydrogens is 621 g/mol. The summed E-state index contributed by atoms with van der Waals surface area (Å²) in [7, 11) is 0. The number of hydrogen-bond acceptors (Lipinski definition) is 4. The third-order valence-corrected chi connectivity index (χ3v) is 8.55. The van der Waals surface area contributed by atoms with Crippen LogP contribution in [0, 0.1) is 21.4 Å². The zero-order valence-electron chi connectivity index (χ0n) is 23.5. The van der Waals surface area contributed by atoms with Crippen LogP contribution in [0.25, 0.3) is 44.5 Å². The zero-order chi connectivity index (χ0) is 31.3. The molecule has 0 spiro atoms.